The molecule has 27 heavy (non-hydrogen) atoms. The van der Waals surface area contributed by atoms with Crippen LogP contribution in [0.2, 0.25) is 0 Å². The number of benzene rings is 1. The molecule has 2 rings (SSSR count). The normalized spacial score (nSPS) is 11.1. The van der Waals surface area contributed by atoms with Crippen LogP contribution in [0.5, 0.6) is 0 Å². The molecule has 1 aromatic heterocycles. The van der Waals surface area contributed by atoms with Gasteiger partial charge in [-0.15, -0.1) is 5.10 Å². The highest BCUT2D eigenvalue weighted by molar-refractivity contribution is 5.96. The number of carbonyl (C=O) groups excluding carboxylic acids is 2. The van der Waals surface area contributed by atoms with Gasteiger partial charge in [-0.3, -0.25) is 14.4 Å². The van der Waals surface area contributed by atoms with Crippen LogP contribution >= 0.6 is 0 Å². The first-order valence-corrected chi connectivity index (χ1v) is 8.41. The molecule has 144 valence electrons. The molecule has 0 spiro atoms. The maximum Gasteiger partial charge on any atom is 0.325 e. The molecule has 0 saturated carbocycles. The molecule has 0 atom stereocenters. The lowest BCUT2D eigenvalue weighted by molar-refractivity contribution is -0.138. The Bertz CT molecular complexity index is 821. The zero-order valence-corrected chi connectivity index (χ0v) is 15.5. The minimum atomic E-state index is -1.03. The molecule has 0 bridgehead atoms. The molecule has 0 unspecified atom stereocenters. The van der Waals surface area contributed by atoms with E-state index in [-0.39, 0.29) is 36.9 Å². The number of carboxylic acids is 1. The van der Waals surface area contributed by atoms with Gasteiger partial charge in [-0.05, 0) is 23.1 Å². The number of hydrogen-bond acceptors (Lipinski definition) is 5. The highest BCUT2D eigenvalue weighted by atomic mass is 16.4. The van der Waals surface area contributed by atoms with Crippen LogP contribution in [0.4, 0.5) is 0 Å². The first-order chi connectivity index (χ1) is 12.6. The summed E-state index contributed by atoms with van der Waals surface area (Å²) < 4.78 is 1.16. The highest BCUT2D eigenvalue weighted by Crippen LogP contribution is 2.22. The van der Waals surface area contributed by atoms with Crippen molar-refractivity contribution in [2.24, 2.45) is 0 Å². The summed E-state index contributed by atoms with van der Waals surface area (Å²) in [6.07, 6.45) is 1.43. The Balaban J connectivity index is 1.78. The lowest BCUT2D eigenvalue weighted by Gasteiger charge is -2.19. The van der Waals surface area contributed by atoms with Crippen molar-refractivity contribution in [1.82, 2.24) is 25.6 Å². The van der Waals surface area contributed by atoms with Gasteiger partial charge >= 0.3 is 5.97 Å². The lowest BCUT2D eigenvalue weighted by Crippen LogP contribution is -2.36. The summed E-state index contributed by atoms with van der Waals surface area (Å²) in [6, 6.07) is 7.26. The van der Waals surface area contributed by atoms with E-state index in [9.17, 15) is 14.4 Å². The molecule has 1 heterocycles. The number of aromatic nitrogens is 3. The predicted octanol–water partition coefficient (Wildman–Crippen LogP) is 0.706. The Kier molecular flexibility index (Phi) is 6.27. The number of nitrogens with zero attached hydrogens (tertiary/aromatic N) is 3. The summed E-state index contributed by atoms with van der Waals surface area (Å²) in [6.45, 7) is 5.88. The number of carboxylic acid groups (broad SMARTS) is 1. The number of nitrogens with one attached hydrogen (secondary N) is 2. The number of rotatable bonds is 7. The van der Waals surface area contributed by atoms with Gasteiger partial charge in [0.1, 0.15) is 12.2 Å². The summed E-state index contributed by atoms with van der Waals surface area (Å²) in [4.78, 5) is 34.5. The third kappa shape index (κ3) is 6.21. The Labute approximate surface area is 156 Å². The van der Waals surface area contributed by atoms with Crippen LogP contribution in [0.25, 0.3) is 0 Å². The van der Waals surface area contributed by atoms with Crippen molar-refractivity contribution < 1.29 is 19.5 Å². The average Bonchev–Trinajstić information content (AvgIpc) is 3.03. The Morgan fingerprint density at radius 1 is 1.11 bits per heavy atom. The largest absolute Gasteiger partial charge is 0.480 e. The number of carbonyl (C=O) groups is 3. The standard InChI is InChI=1S/C18H23N5O4/c1-18(2,3)13-6-4-12(5-7-13)17(27)20-9-15(24)19-8-14-10-23(22-21-14)11-16(25)26/h4-7,10H,8-9,11H2,1-3H3,(H,19,24)(H,20,27)(H,25,26). The summed E-state index contributed by atoms with van der Waals surface area (Å²) in [5, 5.41) is 21.2. The SMILES string of the molecule is CC(C)(C)c1ccc(C(=O)NCC(=O)NCc2cn(CC(=O)O)nn2)cc1. The van der Waals surface area contributed by atoms with Gasteiger partial charge in [0.15, 0.2) is 0 Å². The Morgan fingerprint density at radius 2 is 1.78 bits per heavy atom. The molecule has 0 aliphatic rings. The first-order valence-electron chi connectivity index (χ1n) is 8.41. The second-order valence-electron chi connectivity index (χ2n) is 7.09. The fourth-order valence-corrected chi connectivity index (χ4v) is 2.27. The van der Waals surface area contributed by atoms with Gasteiger partial charge in [0, 0.05) is 5.56 Å². The van der Waals surface area contributed by atoms with Gasteiger partial charge < -0.3 is 15.7 Å². The van der Waals surface area contributed by atoms with Crippen molar-refractivity contribution in [2.45, 2.75) is 39.3 Å². The fourth-order valence-electron chi connectivity index (χ4n) is 2.27. The molecule has 9 nitrogen and oxygen atoms in total. The van der Waals surface area contributed by atoms with Crippen molar-refractivity contribution in [3.8, 4) is 0 Å². The van der Waals surface area contributed by atoms with E-state index in [0.717, 1.165) is 10.2 Å². The smallest absolute Gasteiger partial charge is 0.325 e. The van der Waals surface area contributed by atoms with Crippen molar-refractivity contribution >= 4 is 17.8 Å². The summed E-state index contributed by atoms with van der Waals surface area (Å²) in [5.74, 6) is -1.76. The zero-order chi connectivity index (χ0) is 20.0. The van der Waals surface area contributed by atoms with Gasteiger partial charge in [0.25, 0.3) is 5.91 Å². The molecule has 0 fully saturated rings. The lowest BCUT2D eigenvalue weighted by atomic mass is 9.87. The van der Waals surface area contributed by atoms with Crippen molar-refractivity contribution in [3.05, 3.63) is 47.3 Å². The van der Waals surface area contributed by atoms with E-state index in [1.807, 2.05) is 12.1 Å². The van der Waals surface area contributed by atoms with Crippen LogP contribution in [-0.2, 0) is 28.1 Å². The third-order valence-corrected chi connectivity index (χ3v) is 3.77. The van der Waals surface area contributed by atoms with E-state index in [1.54, 1.807) is 12.1 Å². The van der Waals surface area contributed by atoms with Gasteiger partial charge in [-0.1, -0.05) is 38.1 Å². The summed E-state index contributed by atoms with van der Waals surface area (Å²) in [7, 11) is 0. The molecular weight excluding hydrogens is 350 g/mol. The van der Waals surface area contributed by atoms with E-state index < -0.39 is 5.97 Å². The van der Waals surface area contributed by atoms with Crippen LogP contribution in [0.15, 0.2) is 30.5 Å². The molecule has 2 amide bonds. The molecule has 1 aromatic carbocycles. The molecule has 3 N–H and O–H groups in total. The molecular formula is C18H23N5O4. The van der Waals surface area contributed by atoms with Crippen LogP contribution in [0.3, 0.4) is 0 Å². The summed E-state index contributed by atoms with van der Waals surface area (Å²) in [5.41, 5.74) is 2.02. The maximum atomic E-state index is 12.1. The quantitative estimate of drug-likeness (QED) is 0.656. The zero-order valence-electron chi connectivity index (χ0n) is 15.5. The van der Waals surface area contributed by atoms with Crippen LogP contribution < -0.4 is 10.6 Å². The average molecular weight is 373 g/mol. The van der Waals surface area contributed by atoms with E-state index in [1.165, 1.54) is 6.20 Å². The van der Waals surface area contributed by atoms with Crippen molar-refractivity contribution in [3.63, 3.8) is 0 Å². The second kappa shape index (κ2) is 8.43. The maximum absolute atomic E-state index is 12.1. The van der Waals surface area contributed by atoms with Gasteiger partial charge in [-0.25, -0.2) is 4.68 Å². The molecule has 0 aliphatic carbocycles. The Morgan fingerprint density at radius 3 is 2.37 bits per heavy atom. The van der Waals surface area contributed by atoms with E-state index in [4.69, 9.17) is 5.11 Å². The third-order valence-electron chi connectivity index (χ3n) is 3.77. The monoisotopic (exact) mass is 373 g/mol. The fraction of sp³-hybridized carbons (Fsp3) is 0.389. The van der Waals surface area contributed by atoms with Crippen molar-refractivity contribution in [2.75, 3.05) is 6.54 Å². The number of amides is 2. The number of aliphatic carboxylic acids is 1. The molecule has 0 saturated heterocycles. The van der Waals surface area contributed by atoms with Crippen molar-refractivity contribution in [1.29, 1.82) is 0 Å². The van der Waals surface area contributed by atoms with Crippen LogP contribution in [-0.4, -0.2) is 44.4 Å². The first kappa shape index (κ1) is 20.1. The van der Waals surface area contributed by atoms with Crippen LogP contribution in [0, 0.1) is 0 Å². The highest BCUT2D eigenvalue weighted by Gasteiger charge is 2.14. The van der Waals surface area contributed by atoms with Gasteiger partial charge in [0.2, 0.25) is 5.91 Å². The Hall–Kier alpha value is -3.23. The predicted molar refractivity (Wildman–Crippen MR) is 97.0 cm³/mol. The van der Waals surface area contributed by atoms with Gasteiger partial charge in [-0.2, -0.15) is 0 Å². The molecule has 0 radical (unpaired) electrons. The second-order valence-corrected chi connectivity index (χ2v) is 7.09. The molecule has 9 heteroatoms. The minimum absolute atomic E-state index is 0.00119. The van der Waals surface area contributed by atoms with E-state index in [0.29, 0.717) is 11.3 Å². The summed E-state index contributed by atoms with van der Waals surface area (Å²) >= 11 is 0. The topological polar surface area (TPSA) is 126 Å². The molecule has 0 aliphatic heterocycles. The van der Waals surface area contributed by atoms with E-state index >= 15 is 0 Å². The number of hydrogen-bond donors (Lipinski definition) is 3. The van der Waals surface area contributed by atoms with E-state index in [2.05, 4.69) is 41.7 Å². The van der Waals surface area contributed by atoms with Gasteiger partial charge in [0.05, 0.1) is 19.3 Å². The molecule has 2 aromatic rings. The van der Waals surface area contributed by atoms with Crippen LogP contribution in [0.1, 0.15) is 42.4 Å². The minimum Gasteiger partial charge on any atom is -0.480 e.